The molecule has 1 rings (SSSR count). The van der Waals surface area contributed by atoms with Crippen LogP contribution in [-0.4, -0.2) is 17.3 Å². The molecule has 1 aliphatic rings. The lowest BCUT2D eigenvalue weighted by molar-refractivity contribution is 0.0486. The Hall–Kier alpha value is -0.730. The summed E-state index contributed by atoms with van der Waals surface area (Å²) in [4.78, 5) is 2.72. The summed E-state index contributed by atoms with van der Waals surface area (Å²) in [6.07, 6.45) is 2.10. The number of aliphatic hydroxyl groups excluding tert-OH is 1. The van der Waals surface area contributed by atoms with Gasteiger partial charge in [0.2, 0.25) is 0 Å². The van der Waals surface area contributed by atoms with E-state index in [1.54, 1.807) is 0 Å². The van der Waals surface area contributed by atoms with Crippen LogP contribution in [0.25, 0.3) is 10.4 Å². The monoisotopic (exact) mass is 169 g/mol. The van der Waals surface area contributed by atoms with Gasteiger partial charge in [-0.3, -0.25) is 0 Å². The zero-order valence-electron chi connectivity index (χ0n) is 7.56. The Bertz CT molecular complexity index is 208. The Balaban J connectivity index is 2.59. The number of hydrogen-bond acceptors (Lipinski definition) is 2. The first kappa shape index (κ1) is 9.36. The van der Waals surface area contributed by atoms with Crippen molar-refractivity contribution in [3.8, 4) is 0 Å². The van der Waals surface area contributed by atoms with Gasteiger partial charge < -0.3 is 5.11 Å². The maximum Gasteiger partial charge on any atom is 0.0634 e. The maximum atomic E-state index is 9.57. The molecule has 1 aliphatic carbocycles. The highest BCUT2D eigenvalue weighted by Crippen LogP contribution is 2.36. The summed E-state index contributed by atoms with van der Waals surface area (Å²) in [6.45, 7) is 4.26. The Morgan fingerprint density at radius 3 is 2.75 bits per heavy atom. The largest absolute Gasteiger partial charge is 0.393 e. The molecule has 0 radical (unpaired) electrons. The molecule has 1 fully saturated rings. The van der Waals surface area contributed by atoms with E-state index in [0.717, 1.165) is 19.3 Å². The van der Waals surface area contributed by atoms with Gasteiger partial charge in [0.1, 0.15) is 0 Å². The Morgan fingerprint density at radius 2 is 2.25 bits per heavy atom. The van der Waals surface area contributed by atoms with Crippen LogP contribution < -0.4 is 0 Å². The summed E-state index contributed by atoms with van der Waals surface area (Å²) < 4.78 is 0. The molecule has 2 atom stereocenters. The fourth-order valence-electron chi connectivity index (χ4n) is 1.74. The summed E-state index contributed by atoms with van der Waals surface area (Å²) in [6, 6.07) is -0.206. The molecular weight excluding hydrogens is 154 g/mol. The highest BCUT2D eigenvalue weighted by molar-refractivity contribution is 4.88. The zero-order valence-corrected chi connectivity index (χ0v) is 7.56. The van der Waals surface area contributed by atoms with Crippen LogP contribution in [-0.2, 0) is 0 Å². The first-order valence-corrected chi connectivity index (χ1v) is 4.27. The van der Waals surface area contributed by atoms with Gasteiger partial charge in [-0.05, 0) is 30.2 Å². The molecule has 1 saturated carbocycles. The van der Waals surface area contributed by atoms with Crippen LogP contribution in [0.1, 0.15) is 33.1 Å². The van der Waals surface area contributed by atoms with Crippen LogP contribution >= 0.6 is 0 Å². The van der Waals surface area contributed by atoms with Gasteiger partial charge in [-0.2, -0.15) is 0 Å². The van der Waals surface area contributed by atoms with Gasteiger partial charge in [0.15, 0.2) is 0 Å². The van der Waals surface area contributed by atoms with Gasteiger partial charge in [-0.15, -0.1) is 0 Å². The van der Waals surface area contributed by atoms with Gasteiger partial charge in [0.05, 0.1) is 12.1 Å². The van der Waals surface area contributed by atoms with Crippen LogP contribution in [0.5, 0.6) is 0 Å². The van der Waals surface area contributed by atoms with Crippen LogP contribution in [0.15, 0.2) is 5.11 Å². The third-order valence-electron chi connectivity index (χ3n) is 2.52. The average Bonchev–Trinajstić information content (AvgIpc) is 1.94. The first-order chi connectivity index (χ1) is 5.55. The van der Waals surface area contributed by atoms with Gasteiger partial charge in [0.25, 0.3) is 0 Å². The van der Waals surface area contributed by atoms with E-state index >= 15 is 0 Å². The third-order valence-corrected chi connectivity index (χ3v) is 2.52. The van der Waals surface area contributed by atoms with Crippen molar-refractivity contribution in [1.82, 2.24) is 0 Å². The van der Waals surface area contributed by atoms with E-state index < -0.39 is 6.10 Å². The standard InChI is InChI=1S/C8H15N3O/c1-8(2)4-3-6(10-11-9)7(12)5-8/h6-7,12H,3-5H2,1-2H3. The maximum absolute atomic E-state index is 9.57. The molecule has 0 bridgehead atoms. The van der Waals surface area contributed by atoms with E-state index in [1.807, 2.05) is 0 Å². The highest BCUT2D eigenvalue weighted by atomic mass is 16.3. The molecule has 1 N–H and O–H groups in total. The predicted molar refractivity (Wildman–Crippen MR) is 46.6 cm³/mol. The predicted octanol–water partition coefficient (Wildman–Crippen LogP) is 2.24. The molecule has 0 saturated heterocycles. The zero-order chi connectivity index (χ0) is 9.19. The lowest BCUT2D eigenvalue weighted by Crippen LogP contribution is -2.36. The van der Waals surface area contributed by atoms with Crippen LogP contribution in [0.2, 0.25) is 0 Å². The molecule has 12 heavy (non-hydrogen) atoms. The summed E-state index contributed by atoms with van der Waals surface area (Å²) in [7, 11) is 0. The van der Waals surface area contributed by atoms with E-state index in [9.17, 15) is 5.11 Å². The van der Waals surface area contributed by atoms with Crippen molar-refractivity contribution >= 4 is 0 Å². The molecule has 0 aromatic carbocycles. The number of rotatable bonds is 1. The topological polar surface area (TPSA) is 69.0 Å². The Labute approximate surface area is 72.2 Å². The van der Waals surface area contributed by atoms with Gasteiger partial charge in [-0.25, -0.2) is 0 Å². The number of hydrogen-bond donors (Lipinski definition) is 1. The molecule has 0 aromatic rings. The van der Waals surface area contributed by atoms with E-state index in [0.29, 0.717) is 0 Å². The molecule has 68 valence electrons. The molecule has 2 unspecified atom stereocenters. The second kappa shape index (κ2) is 3.33. The van der Waals surface area contributed by atoms with Gasteiger partial charge >= 0.3 is 0 Å². The fraction of sp³-hybridized carbons (Fsp3) is 1.00. The molecule has 0 heterocycles. The first-order valence-electron chi connectivity index (χ1n) is 4.27. The van der Waals surface area contributed by atoms with E-state index in [4.69, 9.17) is 5.53 Å². The molecule has 0 aliphatic heterocycles. The lowest BCUT2D eigenvalue weighted by Gasteiger charge is -2.36. The van der Waals surface area contributed by atoms with Crippen molar-refractivity contribution in [2.75, 3.05) is 0 Å². The minimum atomic E-state index is -0.454. The van der Waals surface area contributed by atoms with Crippen molar-refractivity contribution in [2.45, 2.75) is 45.3 Å². The van der Waals surface area contributed by atoms with Crippen molar-refractivity contribution in [3.05, 3.63) is 10.4 Å². The van der Waals surface area contributed by atoms with Crippen LogP contribution in [0.4, 0.5) is 0 Å². The average molecular weight is 169 g/mol. The fourth-order valence-corrected chi connectivity index (χ4v) is 1.74. The minimum absolute atomic E-state index is 0.195. The summed E-state index contributed by atoms with van der Waals surface area (Å²) in [5.74, 6) is 0. The van der Waals surface area contributed by atoms with Crippen molar-refractivity contribution in [3.63, 3.8) is 0 Å². The summed E-state index contributed by atoms with van der Waals surface area (Å²) in [5, 5.41) is 13.1. The lowest BCUT2D eigenvalue weighted by atomic mass is 9.74. The van der Waals surface area contributed by atoms with E-state index in [2.05, 4.69) is 23.9 Å². The SMILES string of the molecule is CC1(C)CCC(N=[N+]=[N-])C(O)C1. The second-order valence-corrected chi connectivity index (χ2v) is 4.25. The molecule has 4 heteroatoms. The Kier molecular flexibility index (Phi) is 2.60. The van der Waals surface area contributed by atoms with E-state index in [-0.39, 0.29) is 11.5 Å². The third kappa shape index (κ3) is 2.13. The molecular formula is C8H15N3O. The quantitative estimate of drug-likeness (QED) is 0.365. The van der Waals surface area contributed by atoms with Gasteiger partial charge in [0, 0.05) is 4.91 Å². The molecule has 4 nitrogen and oxygen atoms in total. The second-order valence-electron chi connectivity index (χ2n) is 4.25. The van der Waals surface area contributed by atoms with Crippen LogP contribution in [0, 0.1) is 5.41 Å². The van der Waals surface area contributed by atoms with Crippen LogP contribution in [0.3, 0.4) is 0 Å². The molecule has 0 amide bonds. The molecule has 0 spiro atoms. The number of azide groups is 1. The van der Waals surface area contributed by atoms with Crippen molar-refractivity contribution in [2.24, 2.45) is 10.5 Å². The normalized spacial score (nSPS) is 33.9. The van der Waals surface area contributed by atoms with Crippen molar-refractivity contribution < 1.29 is 5.11 Å². The smallest absolute Gasteiger partial charge is 0.0634 e. The Morgan fingerprint density at radius 1 is 1.58 bits per heavy atom. The summed E-state index contributed by atoms with van der Waals surface area (Å²) in [5.41, 5.74) is 8.41. The molecule has 0 aromatic heterocycles. The highest BCUT2D eigenvalue weighted by Gasteiger charge is 2.32. The number of nitrogens with zero attached hydrogens (tertiary/aromatic N) is 3. The van der Waals surface area contributed by atoms with E-state index in [1.165, 1.54) is 0 Å². The minimum Gasteiger partial charge on any atom is -0.393 e. The number of aliphatic hydroxyl groups is 1. The van der Waals surface area contributed by atoms with Gasteiger partial charge in [-0.1, -0.05) is 19.0 Å². The van der Waals surface area contributed by atoms with Crippen molar-refractivity contribution in [1.29, 1.82) is 0 Å². The summed E-state index contributed by atoms with van der Waals surface area (Å²) >= 11 is 0.